The number of hydrogen-bond acceptors (Lipinski definition) is 5. The van der Waals surface area contributed by atoms with E-state index in [1.165, 1.54) is 0 Å². The highest BCUT2D eigenvalue weighted by molar-refractivity contribution is 5.31. The van der Waals surface area contributed by atoms with Crippen molar-refractivity contribution in [3.8, 4) is 5.75 Å². The molecular weight excluding hydrogens is 240 g/mol. The highest BCUT2D eigenvalue weighted by atomic mass is 16.5. The second-order valence-electron chi connectivity index (χ2n) is 4.77. The molecule has 1 saturated carbocycles. The van der Waals surface area contributed by atoms with Gasteiger partial charge in [-0.1, -0.05) is 12.1 Å². The molecule has 2 N–H and O–H groups in total. The summed E-state index contributed by atoms with van der Waals surface area (Å²) in [5.41, 5.74) is 6.85. The smallest absolute Gasteiger partial charge is 0.223 e. The van der Waals surface area contributed by atoms with Crippen LogP contribution in [0.25, 0.3) is 0 Å². The molecule has 0 spiro atoms. The van der Waals surface area contributed by atoms with Crippen LogP contribution in [-0.2, 0) is 6.42 Å². The van der Waals surface area contributed by atoms with Crippen LogP contribution in [0.15, 0.2) is 24.3 Å². The molecule has 1 heterocycles. The number of methoxy groups -OCH3 is 1. The minimum Gasteiger partial charge on any atom is -0.497 e. The van der Waals surface area contributed by atoms with E-state index in [4.69, 9.17) is 10.5 Å². The average Bonchev–Trinajstić information content (AvgIpc) is 3.22. The molecule has 1 fully saturated rings. The van der Waals surface area contributed by atoms with Gasteiger partial charge in [0.05, 0.1) is 7.11 Å². The highest BCUT2D eigenvalue weighted by Gasteiger charge is 2.27. The summed E-state index contributed by atoms with van der Waals surface area (Å²) in [7, 11) is 1.66. The zero-order chi connectivity index (χ0) is 13.2. The summed E-state index contributed by atoms with van der Waals surface area (Å²) in [4.78, 5) is 12.9. The Bertz CT molecular complexity index is 596. The van der Waals surface area contributed by atoms with E-state index in [2.05, 4.69) is 15.0 Å². The molecule has 0 atom stereocenters. The molecule has 1 aliphatic rings. The SMILES string of the molecule is COc1cccc(Cc2nc(N)nc(C3CC3)n2)c1. The van der Waals surface area contributed by atoms with E-state index in [1.807, 2.05) is 24.3 Å². The summed E-state index contributed by atoms with van der Waals surface area (Å²) in [5, 5.41) is 0. The van der Waals surface area contributed by atoms with Crippen molar-refractivity contribution in [2.45, 2.75) is 25.2 Å². The van der Waals surface area contributed by atoms with Gasteiger partial charge in [0.2, 0.25) is 5.95 Å². The molecule has 1 aromatic carbocycles. The number of rotatable bonds is 4. The van der Waals surface area contributed by atoms with Gasteiger partial charge in [0.1, 0.15) is 17.4 Å². The lowest BCUT2D eigenvalue weighted by molar-refractivity contribution is 0.414. The quantitative estimate of drug-likeness (QED) is 0.904. The van der Waals surface area contributed by atoms with Crippen LogP contribution in [0.2, 0.25) is 0 Å². The molecule has 0 unspecified atom stereocenters. The van der Waals surface area contributed by atoms with Crippen molar-refractivity contribution in [2.24, 2.45) is 0 Å². The number of nitrogen functional groups attached to an aromatic ring is 1. The Morgan fingerprint density at radius 2 is 2.11 bits per heavy atom. The fourth-order valence-corrected chi connectivity index (χ4v) is 2.02. The molecule has 3 rings (SSSR count). The van der Waals surface area contributed by atoms with Gasteiger partial charge >= 0.3 is 0 Å². The third-order valence-corrected chi connectivity index (χ3v) is 3.16. The Morgan fingerprint density at radius 3 is 2.84 bits per heavy atom. The van der Waals surface area contributed by atoms with Crippen molar-refractivity contribution >= 4 is 5.95 Å². The highest BCUT2D eigenvalue weighted by Crippen LogP contribution is 2.38. The number of benzene rings is 1. The fraction of sp³-hybridized carbons (Fsp3) is 0.357. The van der Waals surface area contributed by atoms with Crippen LogP contribution in [0.3, 0.4) is 0 Å². The number of hydrogen-bond donors (Lipinski definition) is 1. The second-order valence-corrected chi connectivity index (χ2v) is 4.77. The normalized spacial score (nSPS) is 14.4. The van der Waals surface area contributed by atoms with Crippen molar-refractivity contribution < 1.29 is 4.74 Å². The topological polar surface area (TPSA) is 73.9 Å². The first kappa shape index (κ1) is 11.9. The molecule has 0 radical (unpaired) electrons. The first-order valence-corrected chi connectivity index (χ1v) is 6.38. The molecule has 0 amide bonds. The zero-order valence-electron chi connectivity index (χ0n) is 10.8. The minimum atomic E-state index is 0.315. The van der Waals surface area contributed by atoms with E-state index in [0.29, 0.717) is 18.3 Å². The lowest BCUT2D eigenvalue weighted by atomic mass is 10.1. The van der Waals surface area contributed by atoms with E-state index in [1.54, 1.807) is 7.11 Å². The maximum atomic E-state index is 5.75. The van der Waals surface area contributed by atoms with Crippen LogP contribution in [-0.4, -0.2) is 22.1 Å². The van der Waals surface area contributed by atoms with Crippen LogP contribution < -0.4 is 10.5 Å². The molecular formula is C14H16N4O. The lowest BCUT2D eigenvalue weighted by Crippen LogP contribution is -2.07. The molecule has 1 aromatic heterocycles. The van der Waals surface area contributed by atoms with Gasteiger partial charge in [-0.05, 0) is 30.5 Å². The summed E-state index contributed by atoms with van der Waals surface area (Å²) in [6.45, 7) is 0. The van der Waals surface area contributed by atoms with Crippen LogP contribution >= 0.6 is 0 Å². The van der Waals surface area contributed by atoms with Gasteiger partial charge in [0, 0.05) is 12.3 Å². The standard InChI is InChI=1S/C14H16N4O/c1-19-11-4-2-3-9(7-11)8-12-16-13(10-5-6-10)18-14(15)17-12/h2-4,7,10H,5-6,8H2,1H3,(H2,15,16,17,18). The number of nitrogens with two attached hydrogens (primary N) is 1. The number of nitrogens with zero attached hydrogens (tertiary/aromatic N) is 3. The fourth-order valence-electron chi connectivity index (χ4n) is 2.02. The van der Waals surface area contributed by atoms with Gasteiger partial charge in [-0.15, -0.1) is 0 Å². The Hall–Kier alpha value is -2.17. The van der Waals surface area contributed by atoms with Crippen LogP contribution in [0.4, 0.5) is 5.95 Å². The summed E-state index contributed by atoms with van der Waals surface area (Å²) in [6.07, 6.45) is 2.95. The van der Waals surface area contributed by atoms with Gasteiger partial charge in [-0.25, -0.2) is 4.98 Å². The van der Waals surface area contributed by atoms with Gasteiger partial charge in [-0.3, -0.25) is 0 Å². The van der Waals surface area contributed by atoms with Crippen molar-refractivity contribution in [1.82, 2.24) is 15.0 Å². The number of ether oxygens (including phenoxy) is 1. The Kier molecular flexibility index (Phi) is 3.03. The maximum Gasteiger partial charge on any atom is 0.223 e. The van der Waals surface area contributed by atoms with Crippen molar-refractivity contribution in [3.63, 3.8) is 0 Å². The van der Waals surface area contributed by atoms with E-state index in [9.17, 15) is 0 Å². The van der Waals surface area contributed by atoms with E-state index in [-0.39, 0.29) is 0 Å². The molecule has 0 bridgehead atoms. The summed E-state index contributed by atoms with van der Waals surface area (Å²) < 4.78 is 5.21. The molecule has 0 saturated heterocycles. The second kappa shape index (κ2) is 4.84. The van der Waals surface area contributed by atoms with Crippen molar-refractivity contribution in [1.29, 1.82) is 0 Å². The zero-order valence-corrected chi connectivity index (χ0v) is 10.8. The average molecular weight is 256 g/mol. The van der Waals surface area contributed by atoms with Crippen molar-refractivity contribution in [2.75, 3.05) is 12.8 Å². The monoisotopic (exact) mass is 256 g/mol. The maximum absolute atomic E-state index is 5.75. The molecule has 0 aliphatic heterocycles. The number of aromatic nitrogens is 3. The van der Waals surface area contributed by atoms with Gasteiger partial charge in [0.25, 0.3) is 0 Å². The molecule has 1 aliphatic carbocycles. The van der Waals surface area contributed by atoms with E-state index < -0.39 is 0 Å². The lowest BCUT2D eigenvalue weighted by Gasteiger charge is -2.06. The Balaban J connectivity index is 1.85. The predicted octanol–water partition coefficient (Wildman–Crippen LogP) is 1.93. The first-order chi connectivity index (χ1) is 9.24. The third kappa shape index (κ3) is 2.81. The van der Waals surface area contributed by atoms with Crippen LogP contribution in [0.1, 0.15) is 36.0 Å². The first-order valence-electron chi connectivity index (χ1n) is 6.38. The molecule has 19 heavy (non-hydrogen) atoms. The summed E-state index contributed by atoms with van der Waals surface area (Å²) in [5.74, 6) is 3.19. The summed E-state index contributed by atoms with van der Waals surface area (Å²) >= 11 is 0. The van der Waals surface area contributed by atoms with Crippen LogP contribution in [0.5, 0.6) is 5.75 Å². The van der Waals surface area contributed by atoms with Crippen LogP contribution in [0, 0.1) is 0 Å². The Morgan fingerprint density at radius 1 is 1.26 bits per heavy atom. The Labute approximate surface area is 111 Å². The summed E-state index contributed by atoms with van der Waals surface area (Å²) in [6, 6.07) is 7.89. The van der Waals surface area contributed by atoms with Gasteiger partial charge in [0.15, 0.2) is 0 Å². The van der Waals surface area contributed by atoms with E-state index >= 15 is 0 Å². The molecule has 5 nitrogen and oxygen atoms in total. The molecule has 5 heteroatoms. The van der Waals surface area contributed by atoms with Crippen molar-refractivity contribution in [3.05, 3.63) is 41.5 Å². The van der Waals surface area contributed by atoms with Gasteiger partial charge in [-0.2, -0.15) is 9.97 Å². The molecule has 98 valence electrons. The molecule has 2 aromatic rings. The predicted molar refractivity (Wildman–Crippen MR) is 72.0 cm³/mol. The van der Waals surface area contributed by atoms with Gasteiger partial charge < -0.3 is 10.5 Å². The van der Waals surface area contributed by atoms with E-state index in [0.717, 1.165) is 35.8 Å². The third-order valence-electron chi connectivity index (χ3n) is 3.16. The number of anilines is 1. The minimum absolute atomic E-state index is 0.315. The largest absolute Gasteiger partial charge is 0.497 e.